The van der Waals surface area contributed by atoms with Crippen molar-refractivity contribution in [3.63, 3.8) is 0 Å². The van der Waals surface area contributed by atoms with E-state index >= 15 is 0 Å². The summed E-state index contributed by atoms with van der Waals surface area (Å²) in [5.74, 6) is 0.603. The molecule has 112 valence electrons. The van der Waals surface area contributed by atoms with Gasteiger partial charge in [-0.15, -0.1) is 0 Å². The average Bonchev–Trinajstić information content (AvgIpc) is 2.53. The van der Waals surface area contributed by atoms with Crippen molar-refractivity contribution in [2.75, 3.05) is 26.8 Å². The number of ether oxygens (including phenoxy) is 1. The second kappa shape index (κ2) is 9.32. The van der Waals surface area contributed by atoms with Crippen LogP contribution in [-0.4, -0.2) is 26.8 Å². The summed E-state index contributed by atoms with van der Waals surface area (Å²) in [7, 11) is 1.74. The molecule has 0 heterocycles. The first-order valence-corrected chi connectivity index (χ1v) is 7.66. The van der Waals surface area contributed by atoms with Gasteiger partial charge in [-0.2, -0.15) is 0 Å². The number of benzene rings is 2. The Labute approximate surface area is 128 Å². The Bertz CT molecular complexity index is 442. The maximum absolute atomic E-state index is 5.10. The zero-order valence-corrected chi connectivity index (χ0v) is 12.8. The number of nitrogens with one attached hydrogen (secondary N) is 1. The van der Waals surface area contributed by atoms with Crippen LogP contribution in [0.4, 0.5) is 0 Å². The molecule has 0 amide bonds. The van der Waals surface area contributed by atoms with Crippen molar-refractivity contribution in [2.45, 2.75) is 12.8 Å². The highest BCUT2D eigenvalue weighted by Gasteiger charge is 2.10. The molecule has 0 aliphatic carbocycles. The van der Waals surface area contributed by atoms with E-state index in [0.29, 0.717) is 5.92 Å². The van der Waals surface area contributed by atoms with Crippen LogP contribution in [0.3, 0.4) is 0 Å². The zero-order valence-electron chi connectivity index (χ0n) is 12.8. The van der Waals surface area contributed by atoms with Gasteiger partial charge in [-0.05, 0) is 36.4 Å². The normalized spacial score (nSPS) is 11.0. The van der Waals surface area contributed by atoms with Crippen LogP contribution < -0.4 is 5.32 Å². The summed E-state index contributed by atoms with van der Waals surface area (Å²) in [6, 6.07) is 21.5. The van der Waals surface area contributed by atoms with Gasteiger partial charge in [0, 0.05) is 13.7 Å². The Morgan fingerprint density at radius 1 is 0.857 bits per heavy atom. The maximum atomic E-state index is 5.10. The van der Waals surface area contributed by atoms with Crippen molar-refractivity contribution in [2.24, 2.45) is 5.92 Å². The molecule has 0 saturated heterocycles. The van der Waals surface area contributed by atoms with E-state index in [4.69, 9.17) is 4.74 Å². The van der Waals surface area contributed by atoms with Crippen LogP contribution in [-0.2, 0) is 17.6 Å². The third-order valence-corrected chi connectivity index (χ3v) is 3.65. The van der Waals surface area contributed by atoms with Gasteiger partial charge in [-0.25, -0.2) is 0 Å². The molecule has 2 aromatic rings. The van der Waals surface area contributed by atoms with Gasteiger partial charge >= 0.3 is 0 Å². The highest BCUT2D eigenvalue weighted by atomic mass is 16.5. The summed E-state index contributed by atoms with van der Waals surface area (Å²) < 4.78 is 5.10. The van der Waals surface area contributed by atoms with Gasteiger partial charge in [-0.1, -0.05) is 60.7 Å². The van der Waals surface area contributed by atoms with Crippen LogP contribution in [0.2, 0.25) is 0 Å². The molecule has 0 aliphatic rings. The van der Waals surface area contributed by atoms with Crippen LogP contribution in [0.15, 0.2) is 60.7 Å². The van der Waals surface area contributed by atoms with Crippen molar-refractivity contribution in [1.29, 1.82) is 0 Å². The SMILES string of the molecule is COCCNCC(Cc1ccccc1)Cc1ccccc1. The molecule has 0 atom stereocenters. The minimum absolute atomic E-state index is 0.603. The molecule has 0 bridgehead atoms. The summed E-state index contributed by atoms with van der Waals surface area (Å²) in [6.45, 7) is 2.70. The van der Waals surface area contributed by atoms with Crippen molar-refractivity contribution < 1.29 is 4.74 Å². The van der Waals surface area contributed by atoms with E-state index in [0.717, 1.165) is 32.5 Å². The fraction of sp³-hybridized carbons (Fsp3) is 0.368. The molecule has 0 aromatic heterocycles. The summed E-state index contributed by atoms with van der Waals surface area (Å²) in [5.41, 5.74) is 2.82. The van der Waals surface area contributed by atoms with Crippen LogP contribution in [0.25, 0.3) is 0 Å². The number of hydrogen-bond donors (Lipinski definition) is 1. The van der Waals surface area contributed by atoms with E-state index in [2.05, 4.69) is 66.0 Å². The molecule has 2 nitrogen and oxygen atoms in total. The Balaban J connectivity index is 1.93. The second-order valence-electron chi connectivity index (χ2n) is 5.44. The minimum Gasteiger partial charge on any atom is -0.383 e. The van der Waals surface area contributed by atoms with Gasteiger partial charge in [-0.3, -0.25) is 0 Å². The molecule has 21 heavy (non-hydrogen) atoms. The van der Waals surface area contributed by atoms with Gasteiger partial charge in [0.1, 0.15) is 0 Å². The highest BCUT2D eigenvalue weighted by molar-refractivity contribution is 5.18. The van der Waals surface area contributed by atoms with E-state index in [1.807, 2.05) is 0 Å². The zero-order chi connectivity index (χ0) is 14.8. The summed E-state index contributed by atoms with van der Waals surface area (Å²) in [5, 5.41) is 3.50. The predicted octanol–water partition coefficient (Wildman–Crippen LogP) is 3.32. The van der Waals surface area contributed by atoms with Crippen molar-refractivity contribution in [1.82, 2.24) is 5.32 Å². The first kappa shape index (κ1) is 15.7. The average molecular weight is 283 g/mol. The fourth-order valence-electron chi connectivity index (χ4n) is 2.59. The largest absolute Gasteiger partial charge is 0.383 e. The third-order valence-electron chi connectivity index (χ3n) is 3.65. The smallest absolute Gasteiger partial charge is 0.0587 e. The van der Waals surface area contributed by atoms with Gasteiger partial charge in [0.25, 0.3) is 0 Å². The van der Waals surface area contributed by atoms with Crippen molar-refractivity contribution in [3.8, 4) is 0 Å². The highest BCUT2D eigenvalue weighted by Crippen LogP contribution is 2.14. The molecular weight excluding hydrogens is 258 g/mol. The third kappa shape index (κ3) is 6.11. The predicted molar refractivity (Wildman–Crippen MR) is 88.5 cm³/mol. The van der Waals surface area contributed by atoms with Crippen molar-refractivity contribution in [3.05, 3.63) is 71.8 Å². The Hall–Kier alpha value is -1.64. The lowest BCUT2D eigenvalue weighted by Gasteiger charge is -2.18. The summed E-state index contributed by atoms with van der Waals surface area (Å²) in [6.07, 6.45) is 2.21. The quantitative estimate of drug-likeness (QED) is 0.713. The molecule has 0 saturated carbocycles. The lowest BCUT2D eigenvalue weighted by atomic mass is 9.92. The molecular formula is C19H25NO. The molecule has 0 spiro atoms. The van der Waals surface area contributed by atoms with E-state index in [1.165, 1.54) is 11.1 Å². The molecule has 1 N–H and O–H groups in total. The molecule has 2 rings (SSSR count). The number of hydrogen-bond acceptors (Lipinski definition) is 2. The van der Waals surface area contributed by atoms with E-state index in [1.54, 1.807) is 7.11 Å². The van der Waals surface area contributed by atoms with Gasteiger partial charge in [0.05, 0.1) is 6.61 Å². The molecule has 0 aliphatic heterocycles. The van der Waals surface area contributed by atoms with Crippen LogP contribution in [0.1, 0.15) is 11.1 Å². The molecule has 0 unspecified atom stereocenters. The molecule has 0 fully saturated rings. The number of methoxy groups -OCH3 is 1. The molecule has 0 radical (unpaired) electrons. The summed E-state index contributed by atoms with van der Waals surface area (Å²) >= 11 is 0. The topological polar surface area (TPSA) is 21.3 Å². The molecule has 2 aromatic carbocycles. The Morgan fingerprint density at radius 3 is 1.86 bits per heavy atom. The first-order chi connectivity index (χ1) is 10.4. The standard InChI is InChI=1S/C19H25NO/c1-21-13-12-20-16-19(14-17-8-4-2-5-9-17)15-18-10-6-3-7-11-18/h2-11,19-20H,12-16H2,1H3. The van der Waals surface area contributed by atoms with Gasteiger partial charge < -0.3 is 10.1 Å². The summed E-state index contributed by atoms with van der Waals surface area (Å²) in [4.78, 5) is 0. The fourth-order valence-corrected chi connectivity index (χ4v) is 2.59. The Kier molecular flexibility index (Phi) is 6.99. The first-order valence-electron chi connectivity index (χ1n) is 7.66. The van der Waals surface area contributed by atoms with Crippen LogP contribution in [0.5, 0.6) is 0 Å². The maximum Gasteiger partial charge on any atom is 0.0587 e. The van der Waals surface area contributed by atoms with Crippen molar-refractivity contribution >= 4 is 0 Å². The van der Waals surface area contributed by atoms with E-state index in [-0.39, 0.29) is 0 Å². The number of rotatable bonds is 9. The lowest BCUT2D eigenvalue weighted by Crippen LogP contribution is -2.28. The Morgan fingerprint density at radius 2 is 1.38 bits per heavy atom. The second-order valence-corrected chi connectivity index (χ2v) is 5.44. The van der Waals surface area contributed by atoms with E-state index in [9.17, 15) is 0 Å². The van der Waals surface area contributed by atoms with E-state index < -0.39 is 0 Å². The monoisotopic (exact) mass is 283 g/mol. The van der Waals surface area contributed by atoms with Crippen LogP contribution >= 0.6 is 0 Å². The van der Waals surface area contributed by atoms with Crippen LogP contribution in [0, 0.1) is 5.92 Å². The van der Waals surface area contributed by atoms with Gasteiger partial charge in [0.2, 0.25) is 0 Å². The van der Waals surface area contributed by atoms with Gasteiger partial charge in [0.15, 0.2) is 0 Å². The lowest BCUT2D eigenvalue weighted by molar-refractivity contribution is 0.197. The molecule has 2 heteroatoms. The minimum atomic E-state index is 0.603.